The van der Waals surface area contributed by atoms with Gasteiger partial charge in [-0.3, -0.25) is 14.4 Å². The number of anilines is 1. The summed E-state index contributed by atoms with van der Waals surface area (Å²) in [4.78, 5) is 40.9. The van der Waals surface area contributed by atoms with E-state index in [4.69, 9.17) is 23.1 Å². The highest BCUT2D eigenvalue weighted by atomic mass is 35.5. The van der Waals surface area contributed by atoms with Crippen LogP contribution in [-0.2, 0) is 22.6 Å². The van der Waals surface area contributed by atoms with Crippen molar-refractivity contribution in [3.8, 4) is 11.1 Å². The van der Waals surface area contributed by atoms with Gasteiger partial charge in [-0.15, -0.1) is 0 Å². The summed E-state index contributed by atoms with van der Waals surface area (Å²) >= 11 is 6.52. The Labute approximate surface area is 203 Å². The fourth-order valence-corrected chi connectivity index (χ4v) is 6.54. The summed E-state index contributed by atoms with van der Waals surface area (Å²) in [5.41, 5.74) is 14.1. The molecular formula is C25H30ClN5O3. The quantitative estimate of drug-likeness (QED) is 0.601. The lowest BCUT2D eigenvalue weighted by Gasteiger charge is -2.16. The number of nitrogens with zero attached hydrogens (tertiary/aromatic N) is 2. The number of carbonyl (C=O) groups is 3. The molecule has 0 bridgehead atoms. The standard InChI is InChI=1S/C25H30ClN5O3/c1-25(2)9-20-17(7-19(23(28)33)31(20)11-25)16-8-21(29-10-18(16)26)30-24(34)15-5-12-3-14(22(27)32)4-13(12)6-15/h7-8,10,12-15H,3-6,9,11H2,1-2H3,(H2,27,32)(H2,28,33)(H,29,30,34)/t12-,13+,14+,15-. The van der Waals surface area contributed by atoms with E-state index >= 15 is 0 Å². The molecule has 0 aromatic carbocycles. The predicted octanol–water partition coefficient (Wildman–Crippen LogP) is 3.36. The Hall–Kier alpha value is -2.87. The molecule has 2 aromatic rings. The number of carbonyl (C=O) groups excluding carboxylic acids is 3. The van der Waals surface area contributed by atoms with Crippen LogP contribution in [0.5, 0.6) is 0 Å². The lowest BCUT2D eigenvalue weighted by Crippen LogP contribution is -2.24. The molecule has 0 saturated heterocycles. The molecular weight excluding hydrogens is 454 g/mol. The van der Waals surface area contributed by atoms with E-state index in [1.54, 1.807) is 12.1 Å². The van der Waals surface area contributed by atoms with E-state index in [0.29, 0.717) is 40.5 Å². The van der Waals surface area contributed by atoms with Crippen molar-refractivity contribution in [3.05, 3.63) is 34.7 Å². The van der Waals surface area contributed by atoms with Crippen molar-refractivity contribution in [3.63, 3.8) is 0 Å². The second-order valence-electron chi connectivity index (χ2n) is 11.0. The summed E-state index contributed by atoms with van der Waals surface area (Å²) in [6, 6.07) is 3.55. The maximum absolute atomic E-state index is 13.0. The van der Waals surface area contributed by atoms with Crippen LogP contribution >= 0.6 is 11.6 Å². The molecule has 0 radical (unpaired) electrons. The zero-order valence-electron chi connectivity index (χ0n) is 19.4. The van der Waals surface area contributed by atoms with Crippen molar-refractivity contribution in [2.45, 2.75) is 52.5 Å². The molecule has 5 N–H and O–H groups in total. The van der Waals surface area contributed by atoms with Crippen LogP contribution < -0.4 is 16.8 Å². The highest BCUT2D eigenvalue weighted by Crippen LogP contribution is 2.49. The number of hydrogen-bond acceptors (Lipinski definition) is 4. The SMILES string of the molecule is CC1(C)Cc2c(-c3cc(NC(=O)[C@@H]4C[C@H]5C[C@H](C(N)=O)C[C@H]5C4)ncc3Cl)cc(C(N)=O)n2C1. The lowest BCUT2D eigenvalue weighted by molar-refractivity contribution is -0.121. The molecule has 8 nitrogen and oxygen atoms in total. The third-order valence-corrected chi connectivity index (χ3v) is 8.18. The molecule has 2 aromatic heterocycles. The molecule has 3 heterocycles. The number of nitrogens with one attached hydrogen (secondary N) is 1. The van der Waals surface area contributed by atoms with Crippen molar-refractivity contribution in [2.75, 3.05) is 5.32 Å². The van der Waals surface area contributed by atoms with Crippen molar-refractivity contribution in [1.29, 1.82) is 0 Å². The first-order valence-electron chi connectivity index (χ1n) is 11.8. The van der Waals surface area contributed by atoms with Gasteiger partial charge in [-0.25, -0.2) is 4.98 Å². The molecule has 2 aliphatic carbocycles. The van der Waals surface area contributed by atoms with Crippen LogP contribution in [0.15, 0.2) is 18.3 Å². The van der Waals surface area contributed by atoms with Crippen LogP contribution in [0.1, 0.15) is 55.7 Å². The van der Waals surface area contributed by atoms with E-state index in [1.165, 1.54) is 6.20 Å². The Kier molecular flexibility index (Phi) is 5.47. The number of rotatable bonds is 5. The van der Waals surface area contributed by atoms with E-state index < -0.39 is 5.91 Å². The van der Waals surface area contributed by atoms with E-state index in [1.807, 2.05) is 4.57 Å². The Morgan fingerprint density at radius 1 is 1.06 bits per heavy atom. The normalized spacial score (nSPS) is 26.8. The van der Waals surface area contributed by atoms with Gasteiger partial charge in [0.1, 0.15) is 11.5 Å². The average Bonchev–Trinajstić information content (AvgIpc) is 3.46. The third kappa shape index (κ3) is 3.98. The Morgan fingerprint density at radius 3 is 2.32 bits per heavy atom. The number of fused-ring (bicyclic) bond motifs is 2. The summed E-state index contributed by atoms with van der Waals surface area (Å²) in [6.45, 7) is 5.00. The molecule has 180 valence electrons. The molecule has 5 rings (SSSR count). The first-order chi connectivity index (χ1) is 16.0. The van der Waals surface area contributed by atoms with E-state index in [2.05, 4.69) is 24.1 Å². The predicted molar refractivity (Wildman–Crippen MR) is 129 cm³/mol. The number of hydrogen-bond donors (Lipinski definition) is 3. The second-order valence-corrected chi connectivity index (χ2v) is 11.4. The molecule has 0 spiro atoms. The van der Waals surface area contributed by atoms with E-state index in [-0.39, 0.29) is 29.1 Å². The van der Waals surface area contributed by atoms with Crippen molar-refractivity contribution in [1.82, 2.24) is 9.55 Å². The fraction of sp³-hybridized carbons (Fsp3) is 0.520. The second kappa shape index (κ2) is 8.12. The van der Waals surface area contributed by atoms with Gasteiger partial charge in [-0.2, -0.15) is 0 Å². The summed E-state index contributed by atoms with van der Waals surface area (Å²) in [5, 5.41) is 3.40. The highest BCUT2D eigenvalue weighted by molar-refractivity contribution is 6.33. The van der Waals surface area contributed by atoms with Crippen molar-refractivity contribution < 1.29 is 14.4 Å². The number of amides is 3. The fourth-order valence-electron chi connectivity index (χ4n) is 6.34. The van der Waals surface area contributed by atoms with Crippen LogP contribution in [0.2, 0.25) is 5.02 Å². The number of pyridine rings is 1. The minimum Gasteiger partial charge on any atom is -0.369 e. The molecule has 0 unspecified atom stereocenters. The Morgan fingerprint density at radius 2 is 1.71 bits per heavy atom. The third-order valence-electron chi connectivity index (χ3n) is 7.88. The molecule has 4 atom stereocenters. The Balaban J connectivity index is 1.36. The van der Waals surface area contributed by atoms with Crippen molar-refractivity contribution >= 4 is 35.1 Å². The van der Waals surface area contributed by atoms with Gasteiger partial charge in [-0.1, -0.05) is 25.4 Å². The van der Waals surface area contributed by atoms with Crippen LogP contribution in [0.4, 0.5) is 5.82 Å². The smallest absolute Gasteiger partial charge is 0.265 e. The summed E-state index contributed by atoms with van der Waals surface area (Å²) in [5.74, 6) is 0.247. The van der Waals surface area contributed by atoms with Gasteiger partial charge in [0.15, 0.2) is 0 Å². The minimum absolute atomic E-state index is 0.000155. The average molecular weight is 484 g/mol. The van der Waals surface area contributed by atoms with Crippen molar-refractivity contribution in [2.24, 2.45) is 40.6 Å². The van der Waals surface area contributed by atoms with Gasteiger partial charge in [0.05, 0.1) is 5.02 Å². The molecule has 3 amide bonds. The van der Waals surface area contributed by atoms with Crippen LogP contribution in [0, 0.1) is 29.1 Å². The number of primary amides is 2. The monoisotopic (exact) mass is 483 g/mol. The molecule has 1 aliphatic heterocycles. The minimum atomic E-state index is -0.478. The number of halogens is 1. The summed E-state index contributed by atoms with van der Waals surface area (Å²) in [7, 11) is 0. The first-order valence-corrected chi connectivity index (χ1v) is 12.2. The maximum atomic E-state index is 13.0. The highest BCUT2D eigenvalue weighted by Gasteiger charge is 2.45. The number of aromatic nitrogens is 2. The van der Waals surface area contributed by atoms with Gasteiger partial charge in [-0.05, 0) is 61.5 Å². The van der Waals surface area contributed by atoms with E-state index in [0.717, 1.165) is 43.4 Å². The summed E-state index contributed by atoms with van der Waals surface area (Å²) < 4.78 is 1.98. The van der Waals surface area contributed by atoms with Crippen LogP contribution in [0.3, 0.4) is 0 Å². The zero-order chi connectivity index (χ0) is 24.4. The first kappa shape index (κ1) is 22.9. The maximum Gasteiger partial charge on any atom is 0.265 e. The van der Waals surface area contributed by atoms with Crippen LogP contribution in [0.25, 0.3) is 11.1 Å². The van der Waals surface area contributed by atoms with Crippen LogP contribution in [-0.4, -0.2) is 27.3 Å². The Bertz CT molecular complexity index is 1190. The molecule has 2 saturated carbocycles. The topological polar surface area (TPSA) is 133 Å². The van der Waals surface area contributed by atoms with E-state index in [9.17, 15) is 14.4 Å². The molecule has 9 heteroatoms. The van der Waals surface area contributed by atoms with Gasteiger partial charge in [0.25, 0.3) is 5.91 Å². The van der Waals surface area contributed by atoms with Gasteiger partial charge >= 0.3 is 0 Å². The lowest BCUT2D eigenvalue weighted by atomic mass is 9.89. The van der Waals surface area contributed by atoms with Gasteiger partial charge in [0, 0.05) is 41.4 Å². The molecule has 2 fully saturated rings. The summed E-state index contributed by atoms with van der Waals surface area (Å²) in [6.07, 6.45) is 5.42. The van der Waals surface area contributed by atoms with Gasteiger partial charge < -0.3 is 21.4 Å². The largest absolute Gasteiger partial charge is 0.369 e. The van der Waals surface area contributed by atoms with Gasteiger partial charge in [0.2, 0.25) is 11.8 Å². The molecule has 3 aliphatic rings. The molecule has 34 heavy (non-hydrogen) atoms. The number of nitrogens with two attached hydrogens (primary N) is 2. The zero-order valence-corrected chi connectivity index (χ0v) is 20.2.